The lowest BCUT2D eigenvalue weighted by molar-refractivity contribution is 0.0334. The van der Waals surface area contributed by atoms with Crippen molar-refractivity contribution in [1.82, 2.24) is 10.2 Å². The first-order valence-corrected chi connectivity index (χ1v) is 12.2. The quantitative estimate of drug-likeness (QED) is 0.707. The Labute approximate surface area is 196 Å². The van der Waals surface area contributed by atoms with Crippen LogP contribution in [-0.4, -0.2) is 51.0 Å². The Morgan fingerprint density at radius 2 is 1.64 bits per heavy atom. The molecule has 0 spiro atoms. The van der Waals surface area contributed by atoms with E-state index in [1.165, 1.54) is 28.7 Å². The fraction of sp³-hybridized carbons (Fsp3) is 0.556. The monoisotopic (exact) mass is 452 g/mol. The minimum absolute atomic E-state index is 0.243. The zero-order chi connectivity index (χ0) is 23.1. The highest BCUT2D eigenvalue weighted by Crippen LogP contribution is 2.49. The molecule has 6 nitrogen and oxygen atoms in total. The molecular weight excluding hydrogens is 416 g/mol. The summed E-state index contributed by atoms with van der Waals surface area (Å²) in [5.41, 5.74) is 5.30. The van der Waals surface area contributed by atoms with E-state index < -0.39 is 0 Å². The summed E-state index contributed by atoms with van der Waals surface area (Å²) in [6.45, 7) is 5.46. The van der Waals surface area contributed by atoms with E-state index in [9.17, 15) is 5.11 Å². The van der Waals surface area contributed by atoms with Gasteiger partial charge in [-0.15, -0.1) is 0 Å². The third-order valence-corrected chi connectivity index (χ3v) is 8.17. The normalized spacial score (nSPS) is 26.7. The number of rotatable bonds is 5. The molecule has 0 aliphatic carbocycles. The fourth-order valence-electron chi connectivity index (χ4n) is 6.45. The molecule has 6 heteroatoms. The average molecular weight is 453 g/mol. The Balaban J connectivity index is 1.52. The number of nitrogens with one attached hydrogen (secondary N) is 1. The molecule has 0 aromatic heterocycles. The highest BCUT2D eigenvalue weighted by atomic mass is 16.5. The van der Waals surface area contributed by atoms with Crippen molar-refractivity contribution >= 4 is 0 Å². The molecule has 1 fully saturated rings. The summed E-state index contributed by atoms with van der Waals surface area (Å²) in [6, 6.07) is 8.99. The van der Waals surface area contributed by atoms with Gasteiger partial charge in [0, 0.05) is 25.2 Å². The van der Waals surface area contributed by atoms with Crippen molar-refractivity contribution in [3.05, 3.63) is 46.5 Å². The van der Waals surface area contributed by atoms with Crippen molar-refractivity contribution in [2.24, 2.45) is 11.8 Å². The van der Waals surface area contributed by atoms with Crippen LogP contribution in [0.3, 0.4) is 0 Å². The molecule has 4 unspecified atom stereocenters. The second kappa shape index (κ2) is 9.07. The smallest absolute Gasteiger partial charge is 0.161 e. The molecule has 33 heavy (non-hydrogen) atoms. The van der Waals surface area contributed by atoms with Crippen LogP contribution in [0.25, 0.3) is 0 Å². The summed E-state index contributed by atoms with van der Waals surface area (Å²) in [7, 11) is 5.05. The van der Waals surface area contributed by atoms with Crippen LogP contribution in [0.15, 0.2) is 24.3 Å². The number of phenolic OH excluding ortho intramolecular Hbond substituents is 1. The summed E-state index contributed by atoms with van der Waals surface area (Å²) in [5, 5.41) is 14.2. The zero-order valence-electron chi connectivity index (χ0n) is 20.2. The van der Waals surface area contributed by atoms with Gasteiger partial charge in [0.15, 0.2) is 23.0 Å². The van der Waals surface area contributed by atoms with E-state index >= 15 is 0 Å². The van der Waals surface area contributed by atoms with E-state index in [0.717, 1.165) is 50.4 Å². The largest absolute Gasteiger partial charge is 0.504 e. The molecule has 0 bridgehead atoms. The highest BCUT2D eigenvalue weighted by molar-refractivity contribution is 5.51. The molecule has 4 atom stereocenters. The van der Waals surface area contributed by atoms with Gasteiger partial charge in [0.1, 0.15) is 0 Å². The molecule has 2 aromatic rings. The number of methoxy groups -OCH3 is 3. The van der Waals surface area contributed by atoms with Gasteiger partial charge in [-0.25, -0.2) is 0 Å². The van der Waals surface area contributed by atoms with Crippen LogP contribution in [0.5, 0.6) is 23.0 Å². The van der Waals surface area contributed by atoms with Crippen molar-refractivity contribution in [1.29, 1.82) is 0 Å². The summed E-state index contributed by atoms with van der Waals surface area (Å²) in [4.78, 5) is 2.65. The van der Waals surface area contributed by atoms with E-state index in [4.69, 9.17) is 14.2 Å². The number of fused-ring (bicyclic) bond motifs is 4. The number of hydrogen-bond acceptors (Lipinski definition) is 6. The number of piperidine rings is 1. The summed E-state index contributed by atoms with van der Waals surface area (Å²) in [6.07, 6.45) is 4.24. The Kier molecular flexibility index (Phi) is 6.14. The van der Waals surface area contributed by atoms with Gasteiger partial charge in [-0.1, -0.05) is 13.3 Å². The zero-order valence-corrected chi connectivity index (χ0v) is 20.2. The second-order valence-electron chi connectivity index (χ2n) is 9.64. The van der Waals surface area contributed by atoms with E-state index in [0.29, 0.717) is 29.7 Å². The van der Waals surface area contributed by atoms with Gasteiger partial charge in [-0.05, 0) is 84.2 Å². The SMILES string of the molecule is CCC1CN2CCc3cc(O)c(OC)cc3C2CC1C1NCCc2cc(OC)c(OC)cc21. The molecule has 2 N–H and O–H groups in total. The van der Waals surface area contributed by atoms with Gasteiger partial charge >= 0.3 is 0 Å². The fourth-order valence-corrected chi connectivity index (χ4v) is 6.45. The lowest BCUT2D eigenvalue weighted by atomic mass is 9.70. The minimum Gasteiger partial charge on any atom is -0.504 e. The summed E-state index contributed by atoms with van der Waals surface area (Å²) in [5.74, 6) is 3.57. The van der Waals surface area contributed by atoms with Crippen LogP contribution in [-0.2, 0) is 12.8 Å². The Morgan fingerprint density at radius 1 is 0.939 bits per heavy atom. The predicted octanol–water partition coefficient (Wildman–Crippen LogP) is 4.25. The average Bonchev–Trinajstić information content (AvgIpc) is 2.85. The third kappa shape index (κ3) is 3.83. The van der Waals surface area contributed by atoms with Crippen LogP contribution in [0.2, 0.25) is 0 Å². The van der Waals surface area contributed by atoms with Crippen LogP contribution >= 0.6 is 0 Å². The first-order chi connectivity index (χ1) is 16.1. The lowest BCUT2D eigenvalue weighted by Crippen LogP contribution is -2.49. The van der Waals surface area contributed by atoms with Crippen LogP contribution < -0.4 is 19.5 Å². The maximum Gasteiger partial charge on any atom is 0.161 e. The molecule has 3 heterocycles. The Bertz CT molecular complexity index is 1020. The molecule has 1 saturated heterocycles. The van der Waals surface area contributed by atoms with Gasteiger partial charge < -0.3 is 24.6 Å². The molecule has 2 aromatic carbocycles. The van der Waals surface area contributed by atoms with E-state index in [2.05, 4.69) is 35.3 Å². The molecule has 178 valence electrons. The second-order valence-corrected chi connectivity index (χ2v) is 9.64. The van der Waals surface area contributed by atoms with Gasteiger partial charge in [-0.3, -0.25) is 4.90 Å². The number of benzene rings is 2. The third-order valence-electron chi connectivity index (χ3n) is 8.17. The van der Waals surface area contributed by atoms with Gasteiger partial charge in [0.2, 0.25) is 0 Å². The van der Waals surface area contributed by atoms with Crippen molar-refractivity contribution in [3.63, 3.8) is 0 Å². The minimum atomic E-state index is 0.243. The number of ether oxygens (including phenoxy) is 3. The number of aromatic hydroxyl groups is 1. The Morgan fingerprint density at radius 3 is 2.36 bits per heavy atom. The first kappa shape index (κ1) is 22.4. The number of nitrogens with zero attached hydrogens (tertiary/aromatic N) is 1. The van der Waals surface area contributed by atoms with Crippen molar-refractivity contribution in [2.45, 2.75) is 44.7 Å². The molecule has 0 radical (unpaired) electrons. The van der Waals surface area contributed by atoms with Crippen LogP contribution in [0.1, 0.15) is 54.1 Å². The first-order valence-electron chi connectivity index (χ1n) is 12.2. The van der Waals surface area contributed by atoms with Gasteiger partial charge in [0.05, 0.1) is 21.3 Å². The summed E-state index contributed by atoms with van der Waals surface area (Å²) >= 11 is 0. The van der Waals surface area contributed by atoms with Crippen molar-refractivity contribution < 1.29 is 19.3 Å². The summed E-state index contributed by atoms with van der Waals surface area (Å²) < 4.78 is 16.7. The van der Waals surface area contributed by atoms with E-state index in [-0.39, 0.29) is 5.75 Å². The van der Waals surface area contributed by atoms with Crippen molar-refractivity contribution in [2.75, 3.05) is 41.0 Å². The standard InChI is InChI=1S/C27H36N2O4/c1-5-16-15-29-9-7-18-10-23(30)24(31-2)13-19(18)22(29)12-20(16)27-21-14-26(33-4)25(32-3)11-17(21)6-8-28-27/h10-11,13-14,16,20,22,27-28,30H,5-9,12,15H2,1-4H3. The van der Waals surface area contributed by atoms with Crippen LogP contribution in [0, 0.1) is 11.8 Å². The maximum absolute atomic E-state index is 10.3. The highest BCUT2D eigenvalue weighted by Gasteiger charge is 2.43. The van der Waals surface area contributed by atoms with Gasteiger partial charge in [0.25, 0.3) is 0 Å². The predicted molar refractivity (Wildman–Crippen MR) is 129 cm³/mol. The molecule has 0 amide bonds. The van der Waals surface area contributed by atoms with Crippen LogP contribution in [0.4, 0.5) is 0 Å². The molecule has 3 aliphatic rings. The van der Waals surface area contributed by atoms with Crippen molar-refractivity contribution in [3.8, 4) is 23.0 Å². The molecule has 5 rings (SSSR count). The molecule has 0 saturated carbocycles. The maximum atomic E-state index is 10.3. The number of phenols is 1. The molecule has 3 aliphatic heterocycles. The lowest BCUT2D eigenvalue weighted by Gasteiger charge is -2.50. The topological polar surface area (TPSA) is 63.2 Å². The number of hydrogen-bond donors (Lipinski definition) is 2. The van der Waals surface area contributed by atoms with E-state index in [1.54, 1.807) is 21.3 Å². The molecular formula is C27H36N2O4. The Hall–Kier alpha value is -2.44. The van der Waals surface area contributed by atoms with Gasteiger partial charge in [-0.2, -0.15) is 0 Å². The van der Waals surface area contributed by atoms with E-state index in [1.807, 2.05) is 6.07 Å².